The van der Waals surface area contributed by atoms with E-state index in [0.29, 0.717) is 17.4 Å². The maximum absolute atomic E-state index is 13.5. The standard InChI is InChI=1S/C21H18ClFN2O2/c22-16-7-5-15(6-8-16)14-27-18-11-9-17(10-12-18)24-13-21(26)25-20-4-2-1-3-19(20)23/h1-12,24H,13-14H2,(H,25,26). The highest BCUT2D eigenvalue weighted by molar-refractivity contribution is 6.30. The highest BCUT2D eigenvalue weighted by Crippen LogP contribution is 2.18. The Bertz CT molecular complexity index is 899. The Balaban J connectivity index is 1.46. The molecule has 3 aromatic rings. The molecule has 0 aliphatic carbocycles. The van der Waals surface area contributed by atoms with Crippen LogP contribution in [0.15, 0.2) is 72.8 Å². The lowest BCUT2D eigenvalue weighted by Gasteiger charge is -2.10. The van der Waals surface area contributed by atoms with Gasteiger partial charge in [0, 0.05) is 10.7 Å². The van der Waals surface area contributed by atoms with E-state index in [1.165, 1.54) is 12.1 Å². The Morgan fingerprint density at radius 1 is 0.963 bits per heavy atom. The second-order valence-corrected chi connectivity index (χ2v) is 6.26. The number of amides is 1. The van der Waals surface area contributed by atoms with Gasteiger partial charge < -0.3 is 15.4 Å². The lowest BCUT2D eigenvalue weighted by molar-refractivity contribution is -0.114. The van der Waals surface area contributed by atoms with Gasteiger partial charge in [0.1, 0.15) is 18.2 Å². The van der Waals surface area contributed by atoms with Gasteiger partial charge in [0.05, 0.1) is 12.2 Å². The van der Waals surface area contributed by atoms with Crippen molar-refractivity contribution in [2.24, 2.45) is 0 Å². The molecule has 0 aromatic heterocycles. The molecule has 0 saturated heterocycles. The lowest BCUT2D eigenvalue weighted by Crippen LogP contribution is -2.22. The van der Waals surface area contributed by atoms with Gasteiger partial charge in [-0.05, 0) is 54.1 Å². The molecule has 0 unspecified atom stereocenters. The van der Waals surface area contributed by atoms with Crippen LogP contribution in [0.5, 0.6) is 5.75 Å². The van der Waals surface area contributed by atoms with Crippen LogP contribution in [0.2, 0.25) is 5.02 Å². The molecule has 0 aliphatic rings. The molecule has 27 heavy (non-hydrogen) atoms. The first kappa shape index (κ1) is 18.7. The summed E-state index contributed by atoms with van der Waals surface area (Å²) in [5.74, 6) is -0.0810. The summed E-state index contributed by atoms with van der Waals surface area (Å²) in [5, 5.41) is 6.20. The van der Waals surface area contributed by atoms with E-state index in [2.05, 4.69) is 10.6 Å². The van der Waals surface area contributed by atoms with Gasteiger partial charge in [0.2, 0.25) is 5.91 Å². The highest BCUT2D eigenvalue weighted by Gasteiger charge is 2.06. The highest BCUT2D eigenvalue weighted by atomic mass is 35.5. The molecule has 1 amide bonds. The van der Waals surface area contributed by atoms with E-state index in [0.717, 1.165) is 11.3 Å². The van der Waals surface area contributed by atoms with Crippen LogP contribution in [-0.2, 0) is 11.4 Å². The van der Waals surface area contributed by atoms with Crippen molar-refractivity contribution < 1.29 is 13.9 Å². The number of hydrogen-bond donors (Lipinski definition) is 2. The summed E-state index contributed by atoms with van der Waals surface area (Å²) in [7, 11) is 0. The van der Waals surface area contributed by atoms with Crippen molar-refractivity contribution in [1.82, 2.24) is 0 Å². The fourth-order valence-corrected chi connectivity index (χ4v) is 2.48. The number of ether oxygens (including phenoxy) is 1. The Morgan fingerprint density at radius 3 is 2.37 bits per heavy atom. The number of halogens is 2. The van der Waals surface area contributed by atoms with Crippen molar-refractivity contribution in [3.8, 4) is 5.75 Å². The molecule has 0 bridgehead atoms. The van der Waals surface area contributed by atoms with E-state index in [-0.39, 0.29) is 18.1 Å². The van der Waals surface area contributed by atoms with Gasteiger partial charge in [-0.25, -0.2) is 4.39 Å². The molecule has 3 rings (SSSR count). The number of hydrogen-bond acceptors (Lipinski definition) is 3. The molecule has 0 atom stereocenters. The smallest absolute Gasteiger partial charge is 0.243 e. The number of benzene rings is 3. The van der Waals surface area contributed by atoms with Gasteiger partial charge in [-0.1, -0.05) is 35.9 Å². The second kappa shape index (κ2) is 9.05. The first-order valence-electron chi connectivity index (χ1n) is 8.36. The van der Waals surface area contributed by atoms with Crippen molar-refractivity contribution >= 4 is 28.9 Å². The van der Waals surface area contributed by atoms with Crippen LogP contribution in [0.25, 0.3) is 0 Å². The first-order chi connectivity index (χ1) is 13.1. The summed E-state index contributed by atoms with van der Waals surface area (Å²) in [6.45, 7) is 0.467. The van der Waals surface area contributed by atoms with Gasteiger partial charge in [0.15, 0.2) is 0 Å². The van der Waals surface area contributed by atoms with E-state index >= 15 is 0 Å². The topological polar surface area (TPSA) is 50.4 Å². The van der Waals surface area contributed by atoms with Crippen molar-refractivity contribution in [3.63, 3.8) is 0 Å². The zero-order valence-corrected chi connectivity index (χ0v) is 15.2. The summed E-state index contributed by atoms with van der Waals surface area (Å²) >= 11 is 5.86. The van der Waals surface area contributed by atoms with Crippen LogP contribution in [-0.4, -0.2) is 12.5 Å². The Labute approximate surface area is 161 Å². The quantitative estimate of drug-likeness (QED) is 0.595. The molecule has 0 aliphatic heterocycles. The van der Waals surface area contributed by atoms with Crippen LogP contribution in [0, 0.1) is 5.82 Å². The van der Waals surface area contributed by atoms with E-state index in [9.17, 15) is 9.18 Å². The molecule has 0 fully saturated rings. The van der Waals surface area contributed by atoms with Crippen LogP contribution in [0.1, 0.15) is 5.56 Å². The number of carbonyl (C=O) groups is 1. The predicted octanol–water partition coefficient (Wildman–Crippen LogP) is 5.11. The summed E-state index contributed by atoms with van der Waals surface area (Å²) in [4.78, 5) is 11.9. The summed E-state index contributed by atoms with van der Waals surface area (Å²) in [6, 6.07) is 20.7. The van der Waals surface area contributed by atoms with Gasteiger partial charge in [-0.3, -0.25) is 4.79 Å². The van der Waals surface area contributed by atoms with Crippen LogP contribution in [0.4, 0.5) is 15.8 Å². The van der Waals surface area contributed by atoms with E-state index in [4.69, 9.17) is 16.3 Å². The zero-order valence-electron chi connectivity index (χ0n) is 14.4. The predicted molar refractivity (Wildman–Crippen MR) is 106 cm³/mol. The van der Waals surface area contributed by atoms with Gasteiger partial charge in [-0.15, -0.1) is 0 Å². The summed E-state index contributed by atoms with van der Waals surface area (Å²) in [5.41, 5.74) is 1.94. The van der Waals surface area contributed by atoms with E-state index in [1.54, 1.807) is 12.1 Å². The molecule has 0 saturated carbocycles. The van der Waals surface area contributed by atoms with Crippen LogP contribution in [0.3, 0.4) is 0 Å². The second-order valence-electron chi connectivity index (χ2n) is 5.82. The van der Waals surface area contributed by atoms with E-state index < -0.39 is 5.82 Å². The molecular formula is C21H18ClFN2O2. The lowest BCUT2D eigenvalue weighted by atomic mass is 10.2. The molecule has 138 valence electrons. The number of rotatable bonds is 7. The monoisotopic (exact) mass is 384 g/mol. The minimum absolute atomic E-state index is 0.0271. The minimum atomic E-state index is -0.465. The maximum atomic E-state index is 13.5. The molecule has 0 radical (unpaired) electrons. The van der Waals surface area contributed by atoms with Gasteiger partial charge in [-0.2, -0.15) is 0 Å². The third-order valence-corrected chi connectivity index (χ3v) is 4.03. The molecule has 6 heteroatoms. The molecule has 3 aromatic carbocycles. The zero-order chi connectivity index (χ0) is 19.1. The third kappa shape index (κ3) is 5.72. The fraction of sp³-hybridized carbons (Fsp3) is 0.0952. The largest absolute Gasteiger partial charge is 0.489 e. The molecule has 0 heterocycles. The third-order valence-electron chi connectivity index (χ3n) is 3.77. The Morgan fingerprint density at radius 2 is 1.67 bits per heavy atom. The average molecular weight is 385 g/mol. The normalized spacial score (nSPS) is 10.3. The molecule has 0 spiro atoms. The first-order valence-corrected chi connectivity index (χ1v) is 8.73. The molecule has 2 N–H and O–H groups in total. The minimum Gasteiger partial charge on any atom is -0.489 e. The molecule has 4 nitrogen and oxygen atoms in total. The Kier molecular flexibility index (Phi) is 6.28. The fourth-order valence-electron chi connectivity index (χ4n) is 2.36. The SMILES string of the molecule is O=C(CNc1ccc(OCc2ccc(Cl)cc2)cc1)Nc1ccccc1F. The number of carbonyl (C=O) groups excluding carboxylic acids is 1. The summed E-state index contributed by atoms with van der Waals surface area (Å²) in [6.07, 6.45) is 0. The van der Waals surface area contributed by atoms with Crippen molar-refractivity contribution in [3.05, 3.63) is 89.2 Å². The summed E-state index contributed by atoms with van der Waals surface area (Å²) < 4.78 is 19.2. The number of nitrogens with one attached hydrogen (secondary N) is 2. The van der Waals surface area contributed by atoms with Crippen LogP contribution < -0.4 is 15.4 Å². The number of anilines is 2. The number of para-hydroxylation sites is 1. The van der Waals surface area contributed by atoms with E-state index in [1.807, 2.05) is 48.5 Å². The van der Waals surface area contributed by atoms with Crippen molar-refractivity contribution in [2.45, 2.75) is 6.61 Å². The average Bonchev–Trinajstić information content (AvgIpc) is 2.68. The maximum Gasteiger partial charge on any atom is 0.243 e. The van der Waals surface area contributed by atoms with Gasteiger partial charge in [0.25, 0.3) is 0 Å². The van der Waals surface area contributed by atoms with Crippen molar-refractivity contribution in [1.29, 1.82) is 0 Å². The molecular weight excluding hydrogens is 367 g/mol. The van der Waals surface area contributed by atoms with Crippen LogP contribution >= 0.6 is 11.6 Å². The van der Waals surface area contributed by atoms with Crippen molar-refractivity contribution in [2.75, 3.05) is 17.2 Å². The van der Waals surface area contributed by atoms with Gasteiger partial charge >= 0.3 is 0 Å². The Hall–Kier alpha value is -3.05.